The SMILES string of the molecule is Cc1cc(S(=O)(=O)N(CC(C)C)C[C@@H](O)[C@H](Cc2ccccc2)NC(=O)[C@H](C(C)C)n2cc(O)n(Cc3ccc4c(c3)OCO4)c2=O)ccc1O. The van der Waals surface area contributed by atoms with Crippen molar-refractivity contribution in [3.8, 4) is 23.1 Å². The molecule has 1 aliphatic heterocycles. The van der Waals surface area contributed by atoms with Crippen molar-refractivity contribution in [3.05, 3.63) is 100 Å². The van der Waals surface area contributed by atoms with Crippen molar-refractivity contribution in [2.75, 3.05) is 19.9 Å². The van der Waals surface area contributed by atoms with Crippen LogP contribution in [0.4, 0.5) is 0 Å². The number of fused-ring (bicyclic) bond motifs is 1. The number of phenolic OH excluding ortho intramolecular Hbond substituents is 1. The van der Waals surface area contributed by atoms with Gasteiger partial charge in [0.25, 0.3) is 0 Å². The lowest BCUT2D eigenvalue weighted by atomic mass is 9.98. The summed E-state index contributed by atoms with van der Waals surface area (Å²) in [4.78, 5) is 27.8. The monoisotopic (exact) mass is 722 g/mol. The van der Waals surface area contributed by atoms with Crippen molar-refractivity contribution < 1.29 is 38.0 Å². The van der Waals surface area contributed by atoms with Gasteiger partial charge in [0.1, 0.15) is 11.8 Å². The quantitative estimate of drug-likeness (QED) is 0.143. The molecule has 1 aliphatic rings. The highest BCUT2D eigenvalue weighted by molar-refractivity contribution is 7.89. The lowest BCUT2D eigenvalue weighted by molar-refractivity contribution is -0.127. The summed E-state index contributed by atoms with van der Waals surface area (Å²) in [6.07, 6.45) is 0.0192. The van der Waals surface area contributed by atoms with E-state index in [1.54, 1.807) is 39.0 Å². The van der Waals surface area contributed by atoms with Crippen LogP contribution >= 0.6 is 0 Å². The Balaban J connectivity index is 1.43. The third-order valence-electron chi connectivity index (χ3n) is 8.82. The second-order valence-electron chi connectivity index (χ2n) is 13.7. The van der Waals surface area contributed by atoms with Crippen LogP contribution in [-0.2, 0) is 27.8 Å². The number of aryl methyl sites for hydroxylation is 1. The molecule has 2 heterocycles. The summed E-state index contributed by atoms with van der Waals surface area (Å²) in [5, 5.41) is 35.5. The third-order valence-corrected chi connectivity index (χ3v) is 10.6. The van der Waals surface area contributed by atoms with E-state index in [-0.39, 0.29) is 55.3 Å². The number of aliphatic hydroxyl groups is 1. The number of imidazole rings is 1. The lowest BCUT2D eigenvalue weighted by Gasteiger charge is -2.32. The summed E-state index contributed by atoms with van der Waals surface area (Å²) in [5.41, 5.74) is 1.24. The smallest absolute Gasteiger partial charge is 0.332 e. The Morgan fingerprint density at radius 3 is 2.31 bits per heavy atom. The van der Waals surface area contributed by atoms with E-state index in [1.807, 2.05) is 44.2 Å². The minimum Gasteiger partial charge on any atom is -0.508 e. The molecule has 274 valence electrons. The number of sulfonamides is 1. The van der Waals surface area contributed by atoms with Crippen molar-refractivity contribution in [3.63, 3.8) is 0 Å². The molecule has 0 bridgehead atoms. The predicted molar refractivity (Wildman–Crippen MR) is 190 cm³/mol. The molecular weight excluding hydrogens is 676 g/mol. The fourth-order valence-electron chi connectivity index (χ4n) is 6.18. The summed E-state index contributed by atoms with van der Waals surface area (Å²) < 4.78 is 42.1. The number of aliphatic hydroxyl groups excluding tert-OH is 1. The Labute approximate surface area is 297 Å². The van der Waals surface area contributed by atoms with E-state index in [9.17, 15) is 33.3 Å². The first-order chi connectivity index (χ1) is 24.1. The Bertz CT molecular complexity index is 2010. The molecule has 0 radical (unpaired) electrons. The standard InChI is InChI=1S/C37H46N4O9S/c1-23(2)18-39(51(47,48)28-12-13-30(42)25(5)15-28)20-31(43)29(16-26-9-7-6-8-10-26)38-36(45)35(24(3)4)41-21-34(44)40(37(41)46)19-27-11-14-32-33(17-27)50-22-49-32/h6-15,17,21,23-24,29,31,35,42-44H,16,18-20,22H2,1-5H3,(H,38,45)/t29-,31+,35-/m0/s1. The number of nitrogens with one attached hydrogen (secondary N) is 1. The Morgan fingerprint density at radius 1 is 0.941 bits per heavy atom. The minimum atomic E-state index is -4.12. The van der Waals surface area contributed by atoms with Crippen LogP contribution < -0.4 is 20.5 Å². The van der Waals surface area contributed by atoms with Gasteiger partial charge >= 0.3 is 5.69 Å². The Morgan fingerprint density at radius 2 is 1.65 bits per heavy atom. The number of rotatable bonds is 15. The molecule has 4 aromatic rings. The zero-order valence-corrected chi connectivity index (χ0v) is 30.2. The molecule has 5 rings (SSSR count). The zero-order valence-electron chi connectivity index (χ0n) is 29.4. The normalized spacial score (nSPS) is 14.6. The number of aromatic nitrogens is 2. The van der Waals surface area contributed by atoms with Gasteiger partial charge in [-0.15, -0.1) is 0 Å². The van der Waals surface area contributed by atoms with Crippen LogP contribution in [0.15, 0.2) is 82.6 Å². The van der Waals surface area contributed by atoms with E-state index < -0.39 is 45.7 Å². The van der Waals surface area contributed by atoms with Gasteiger partial charge in [0.2, 0.25) is 28.6 Å². The molecule has 14 heteroatoms. The summed E-state index contributed by atoms with van der Waals surface area (Å²) >= 11 is 0. The molecule has 3 aromatic carbocycles. The maximum atomic E-state index is 14.1. The van der Waals surface area contributed by atoms with Gasteiger partial charge in [-0.25, -0.2) is 13.2 Å². The zero-order chi connectivity index (χ0) is 37.0. The number of carbonyl (C=O) groups excluding carboxylic acids is 1. The number of nitrogens with zero attached hydrogens (tertiary/aromatic N) is 3. The fraction of sp³-hybridized carbons (Fsp3) is 0.405. The molecule has 0 aliphatic carbocycles. The summed E-state index contributed by atoms with van der Waals surface area (Å²) in [6.45, 7) is 8.71. The van der Waals surface area contributed by atoms with Crippen molar-refractivity contribution in [1.29, 1.82) is 0 Å². The van der Waals surface area contributed by atoms with Gasteiger partial charge in [-0.05, 0) is 72.2 Å². The van der Waals surface area contributed by atoms with Gasteiger partial charge in [-0.2, -0.15) is 4.31 Å². The Kier molecular flexibility index (Phi) is 11.5. The van der Waals surface area contributed by atoms with Crippen molar-refractivity contribution in [1.82, 2.24) is 18.8 Å². The lowest BCUT2D eigenvalue weighted by Crippen LogP contribution is -2.53. The maximum Gasteiger partial charge on any atom is 0.332 e. The average molecular weight is 723 g/mol. The van der Waals surface area contributed by atoms with Crippen LogP contribution in [0.25, 0.3) is 0 Å². The van der Waals surface area contributed by atoms with Gasteiger partial charge in [0, 0.05) is 13.1 Å². The molecule has 1 aromatic heterocycles. The average Bonchev–Trinajstić information content (AvgIpc) is 3.65. The number of phenols is 1. The van der Waals surface area contributed by atoms with Gasteiger partial charge < -0.3 is 30.1 Å². The molecular formula is C37H46N4O9S. The molecule has 0 fully saturated rings. The molecule has 0 spiro atoms. The number of hydrogen-bond donors (Lipinski definition) is 4. The third kappa shape index (κ3) is 8.58. The molecule has 0 saturated heterocycles. The number of amides is 1. The van der Waals surface area contributed by atoms with E-state index in [1.165, 1.54) is 33.3 Å². The minimum absolute atomic E-state index is 0.0107. The highest BCUT2D eigenvalue weighted by atomic mass is 32.2. The summed E-state index contributed by atoms with van der Waals surface area (Å²) in [6, 6.07) is 16.3. The maximum absolute atomic E-state index is 14.1. The molecule has 0 saturated carbocycles. The van der Waals surface area contributed by atoms with Gasteiger partial charge in [0.15, 0.2) is 11.5 Å². The van der Waals surface area contributed by atoms with Crippen LogP contribution in [0, 0.1) is 18.8 Å². The van der Waals surface area contributed by atoms with Gasteiger partial charge in [0.05, 0.1) is 29.8 Å². The van der Waals surface area contributed by atoms with Crippen molar-refractivity contribution in [2.45, 2.75) is 70.7 Å². The van der Waals surface area contributed by atoms with Gasteiger partial charge in [-0.1, -0.05) is 64.1 Å². The second-order valence-corrected chi connectivity index (χ2v) is 15.6. The van der Waals surface area contributed by atoms with Crippen LogP contribution in [0.5, 0.6) is 23.1 Å². The number of carbonyl (C=O) groups is 1. The number of aromatic hydroxyl groups is 2. The number of hydrogen-bond acceptors (Lipinski definition) is 9. The van der Waals surface area contributed by atoms with E-state index in [4.69, 9.17) is 9.47 Å². The topological polar surface area (TPSA) is 173 Å². The summed E-state index contributed by atoms with van der Waals surface area (Å²) in [5.74, 6) is -0.370. The first-order valence-electron chi connectivity index (χ1n) is 16.9. The fourth-order valence-corrected chi connectivity index (χ4v) is 7.88. The van der Waals surface area contributed by atoms with E-state index in [0.29, 0.717) is 22.6 Å². The van der Waals surface area contributed by atoms with Crippen LogP contribution in [0.3, 0.4) is 0 Å². The highest BCUT2D eigenvalue weighted by Crippen LogP contribution is 2.33. The number of ether oxygens (including phenoxy) is 2. The van der Waals surface area contributed by atoms with Gasteiger partial charge in [-0.3, -0.25) is 13.9 Å². The van der Waals surface area contributed by atoms with Crippen LogP contribution in [-0.4, -0.2) is 75.1 Å². The summed E-state index contributed by atoms with van der Waals surface area (Å²) in [7, 11) is -4.12. The van der Waals surface area contributed by atoms with Crippen LogP contribution in [0.2, 0.25) is 0 Å². The van der Waals surface area contributed by atoms with E-state index in [0.717, 1.165) is 10.1 Å². The molecule has 0 unspecified atom stereocenters. The molecule has 13 nitrogen and oxygen atoms in total. The van der Waals surface area contributed by atoms with E-state index >= 15 is 0 Å². The largest absolute Gasteiger partial charge is 0.508 e. The Hall–Kier alpha value is -4.79. The molecule has 51 heavy (non-hydrogen) atoms. The van der Waals surface area contributed by atoms with E-state index in [2.05, 4.69) is 5.32 Å². The first-order valence-corrected chi connectivity index (χ1v) is 18.3. The molecule has 1 amide bonds. The second kappa shape index (κ2) is 15.6. The highest BCUT2D eigenvalue weighted by Gasteiger charge is 2.35. The molecule has 3 atom stereocenters. The van der Waals surface area contributed by atoms with Crippen LogP contribution in [0.1, 0.15) is 50.4 Å². The van der Waals surface area contributed by atoms with Crippen molar-refractivity contribution in [2.24, 2.45) is 11.8 Å². The predicted octanol–water partition coefficient (Wildman–Crippen LogP) is 3.78. The number of benzene rings is 3. The first kappa shape index (κ1) is 37.5. The van der Waals surface area contributed by atoms with Crippen molar-refractivity contribution >= 4 is 15.9 Å². The molecule has 4 N–H and O–H groups in total.